The Morgan fingerprint density at radius 2 is 1.27 bits per heavy atom. The van der Waals surface area contributed by atoms with Crippen LogP contribution in [0, 0.1) is 0 Å². The minimum Gasteiger partial charge on any atom is -0.271 e. The zero-order valence-electron chi connectivity index (χ0n) is 12.8. The van der Waals surface area contributed by atoms with Gasteiger partial charge >= 0.3 is 0 Å². The van der Waals surface area contributed by atoms with Crippen LogP contribution in [0.25, 0.3) is 0 Å². The highest BCUT2D eigenvalue weighted by Crippen LogP contribution is 2.31. The number of rotatable bonds is 4. The number of aliphatic imine (C=N–C) groups is 2. The first-order chi connectivity index (χ1) is 10.7. The largest absolute Gasteiger partial charge is 0.271 e. The fourth-order valence-electron chi connectivity index (χ4n) is 2.08. The average molecular weight is 369 g/mol. The molecule has 0 bridgehead atoms. The van der Waals surface area contributed by atoms with Crippen LogP contribution in [0.4, 0.5) is 0 Å². The van der Waals surface area contributed by atoms with Crippen LogP contribution < -0.4 is 0 Å². The Hall–Kier alpha value is -0.0400. The lowest BCUT2D eigenvalue weighted by atomic mass is 10.2. The van der Waals surface area contributed by atoms with Gasteiger partial charge in [0.15, 0.2) is 0 Å². The molecule has 0 fully saturated rings. The monoisotopic (exact) mass is 368 g/mol. The number of hydrogen-bond donors (Lipinski definition) is 0. The van der Waals surface area contributed by atoms with Gasteiger partial charge in [-0.15, -0.1) is 0 Å². The van der Waals surface area contributed by atoms with Crippen molar-refractivity contribution in [3.63, 3.8) is 0 Å². The van der Waals surface area contributed by atoms with Gasteiger partial charge in [0, 0.05) is 22.0 Å². The van der Waals surface area contributed by atoms with Gasteiger partial charge in [-0.2, -0.15) is 0 Å². The SMILES string of the molecule is C[C@@H]1CN=C(SCc2ccc(CSC3=NC[C@H](C)S3)cc2)S1. The summed E-state index contributed by atoms with van der Waals surface area (Å²) in [6.45, 7) is 6.43. The van der Waals surface area contributed by atoms with Crippen molar-refractivity contribution < 1.29 is 0 Å². The van der Waals surface area contributed by atoms with Crippen molar-refractivity contribution in [1.82, 2.24) is 0 Å². The molecule has 118 valence electrons. The molecule has 0 spiro atoms. The summed E-state index contributed by atoms with van der Waals surface area (Å²) in [5.41, 5.74) is 2.76. The van der Waals surface area contributed by atoms with E-state index in [2.05, 4.69) is 48.1 Å². The molecule has 0 saturated carbocycles. The molecule has 0 N–H and O–H groups in total. The summed E-state index contributed by atoms with van der Waals surface area (Å²) in [7, 11) is 0. The molecule has 2 nitrogen and oxygen atoms in total. The maximum Gasteiger partial charge on any atom is 0.125 e. The van der Waals surface area contributed by atoms with Gasteiger partial charge in [0.1, 0.15) is 8.75 Å². The van der Waals surface area contributed by atoms with E-state index >= 15 is 0 Å². The molecule has 0 radical (unpaired) electrons. The second-order valence-corrected chi connectivity index (χ2v) is 10.8. The van der Waals surface area contributed by atoms with Crippen LogP contribution in [0.2, 0.25) is 0 Å². The maximum absolute atomic E-state index is 4.55. The zero-order chi connectivity index (χ0) is 15.4. The highest BCUT2D eigenvalue weighted by molar-refractivity contribution is 8.39. The predicted molar refractivity (Wildman–Crippen MR) is 108 cm³/mol. The molecule has 2 aliphatic rings. The Morgan fingerprint density at radius 1 is 0.864 bits per heavy atom. The van der Waals surface area contributed by atoms with E-state index in [0.717, 1.165) is 24.6 Å². The first-order valence-corrected chi connectivity index (χ1v) is 11.2. The van der Waals surface area contributed by atoms with E-state index in [1.165, 1.54) is 19.9 Å². The molecule has 3 rings (SSSR count). The fraction of sp³-hybridized carbons (Fsp3) is 0.500. The Balaban J connectivity index is 1.44. The lowest BCUT2D eigenvalue weighted by Crippen LogP contribution is -1.93. The van der Waals surface area contributed by atoms with Crippen molar-refractivity contribution in [2.45, 2.75) is 35.9 Å². The average Bonchev–Trinajstić information content (AvgIpc) is 3.12. The number of benzene rings is 1. The molecule has 0 amide bonds. The molecule has 1 aromatic rings. The first-order valence-electron chi connectivity index (χ1n) is 7.44. The summed E-state index contributed by atoms with van der Waals surface area (Å²) in [6, 6.07) is 8.99. The van der Waals surface area contributed by atoms with E-state index in [0.29, 0.717) is 10.5 Å². The Labute approximate surface area is 149 Å². The number of thioether (sulfide) groups is 4. The normalized spacial score (nSPS) is 24.5. The summed E-state index contributed by atoms with van der Waals surface area (Å²) >= 11 is 7.54. The molecule has 0 unspecified atom stereocenters. The molecule has 22 heavy (non-hydrogen) atoms. The van der Waals surface area contributed by atoms with Crippen LogP contribution in [0.15, 0.2) is 34.3 Å². The van der Waals surface area contributed by atoms with Gasteiger partial charge in [0.25, 0.3) is 0 Å². The van der Waals surface area contributed by atoms with Crippen molar-refractivity contribution in [3.05, 3.63) is 35.4 Å². The van der Waals surface area contributed by atoms with Crippen LogP contribution in [0.3, 0.4) is 0 Å². The van der Waals surface area contributed by atoms with Gasteiger partial charge in [-0.25, -0.2) is 0 Å². The van der Waals surface area contributed by atoms with Crippen molar-refractivity contribution in [1.29, 1.82) is 0 Å². The van der Waals surface area contributed by atoms with Crippen molar-refractivity contribution in [3.8, 4) is 0 Å². The second-order valence-electron chi connectivity index (χ2n) is 5.46. The molecular formula is C16H20N2S4. The summed E-state index contributed by atoms with van der Waals surface area (Å²) in [6.07, 6.45) is 0. The molecule has 0 aromatic heterocycles. The van der Waals surface area contributed by atoms with Crippen LogP contribution in [0.1, 0.15) is 25.0 Å². The smallest absolute Gasteiger partial charge is 0.125 e. The van der Waals surface area contributed by atoms with Gasteiger partial charge < -0.3 is 0 Å². The molecule has 1 aromatic carbocycles. The molecule has 0 aliphatic carbocycles. The molecule has 6 heteroatoms. The van der Waals surface area contributed by atoms with Gasteiger partial charge in [0.2, 0.25) is 0 Å². The first kappa shape index (κ1) is 16.8. The fourth-order valence-corrected chi connectivity index (χ4v) is 6.55. The third kappa shape index (κ3) is 4.98. The minimum atomic E-state index is 0.654. The summed E-state index contributed by atoms with van der Waals surface area (Å²) in [5.74, 6) is 2.04. The Kier molecular flexibility index (Phi) is 6.24. The third-order valence-electron chi connectivity index (χ3n) is 3.31. The van der Waals surface area contributed by atoms with Crippen LogP contribution in [-0.2, 0) is 11.5 Å². The van der Waals surface area contributed by atoms with Crippen LogP contribution in [0.5, 0.6) is 0 Å². The van der Waals surface area contributed by atoms with Crippen LogP contribution in [-0.4, -0.2) is 32.3 Å². The molecular weight excluding hydrogens is 348 g/mol. The van der Waals surface area contributed by atoms with Crippen molar-refractivity contribution in [2.75, 3.05) is 13.1 Å². The topological polar surface area (TPSA) is 24.7 Å². The molecule has 2 atom stereocenters. The predicted octanol–water partition coefficient (Wildman–Crippen LogP) is 5.14. The van der Waals surface area contributed by atoms with E-state index < -0.39 is 0 Å². The lowest BCUT2D eigenvalue weighted by molar-refractivity contribution is 0.977. The van der Waals surface area contributed by atoms with E-state index in [9.17, 15) is 0 Å². The summed E-state index contributed by atoms with van der Waals surface area (Å²) in [4.78, 5) is 9.11. The summed E-state index contributed by atoms with van der Waals surface area (Å²) < 4.78 is 2.50. The number of hydrogen-bond acceptors (Lipinski definition) is 6. The minimum absolute atomic E-state index is 0.654. The standard InChI is InChI=1S/C16H20N2S4/c1-11-7-17-15(21-11)19-9-13-3-5-14(6-4-13)10-20-16-18-8-12(2)22-16/h3-6,11-12H,7-10H2,1-2H3/t11-,12+. The quantitative estimate of drug-likeness (QED) is 0.735. The van der Waals surface area contributed by atoms with E-state index in [1.807, 2.05) is 47.0 Å². The highest BCUT2D eigenvalue weighted by atomic mass is 32.2. The Bertz CT molecular complexity index is 517. The van der Waals surface area contributed by atoms with Crippen LogP contribution >= 0.6 is 47.0 Å². The number of nitrogens with zero attached hydrogens (tertiary/aromatic N) is 2. The van der Waals surface area contributed by atoms with E-state index in [1.54, 1.807) is 0 Å². The molecule has 2 aliphatic heterocycles. The summed E-state index contributed by atoms with van der Waals surface area (Å²) in [5, 5.41) is 1.31. The maximum atomic E-state index is 4.55. The Morgan fingerprint density at radius 3 is 1.59 bits per heavy atom. The van der Waals surface area contributed by atoms with Crippen molar-refractivity contribution >= 4 is 55.8 Å². The van der Waals surface area contributed by atoms with E-state index in [4.69, 9.17) is 0 Å². The van der Waals surface area contributed by atoms with Gasteiger partial charge in [0.05, 0.1) is 13.1 Å². The van der Waals surface area contributed by atoms with Gasteiger partial charge in [-0.05, 0) is 11.1 Å². The van der Waals surface area contributed by atoms with Crippen molar-refractivity contribution in [2.24, 2.45) is 9.98 Å². The third-order valence-corrected chi connectivity index (χ3v) is 8.06. The molecule has 0 saturated heterocycles. The van der Waals surface area contributed by atoms with Gasteiger partial charge in [-0.3, -0.25) is 9.98 Å². The second kappa shape index (κ2) is 8.18. The zero-order valence-corrected chi connectivity index (χ0v) is 16.1. The lowest BCUT2D eigenvalue weighted by Gasteiger charge is -2.05. The van der Waals surface area contributed by atoms with E-state index in [-0.39, 0.29) is 0 Å². The molecule has 2 heterocycles. The highest BCUT2D eigenvalue weighted by Gasteiger charge is 2.16. The van der Waals surface area contributed by atoms with Gasteiger partial charge in [-0.1, -0.05) is 85.2 Å².